The Hall–Kier alpha value is -1.65. The fourth-order valence-electron chi connectivity index (χ4n) is 2.20. The van der Waals surface area contributed by atoms with E-state index in [0.29, 0.717) is 27.4 Å². The number of ether oxygens (including phenoxy) is 1. The number of hydrogen-bond acceptors (Lipinski definition) is 6. The van der Waals surface area contributed by atoms with Gasteiger partial charge in [-0.25, -0.2) is 0 Å². The Balaban J connectivity index is 1.99. The van der Waals surface area contributed by atoms with Crippen LogP contribution in [-0.2, 0) is 5.38 Å². The molecule has 1 aliphatic heterocycles. The Kier molecular flexibility index (Phi) is 5.27. The van der Waals surface area contributed by atoms with Crippen LogP contribution in [0.25, 0.3) is 6.08 Å². The average Bonchev–Trinajstić information content (AvgIpc) is 2.95. The summed E-state index contributed by atoms with van der Waals surface area (Å²) in [4.78, 5) is 0.689. The van der Waals surface area contributed by atoms with Crippen LogP contribution in [0.2, 0.25) is 0 Å². The normalized spacial score (nSPS) is 15.8. The van der Waals surface area contributed by atoms with Crippen molar-refractivity contribution in [3.05, 3.63) is 32.9 Å². The molecule has 26 heavy (non-hydrogen) atoms. The molecule has 3 rings (SSSR count). The minimum Gasteiger partial charge on any atom is -0.503 e. The summed E-state index contributed by atoms with van der Waals surface area (Å²) in [5.41, 5.74) is 1.22. The number of alkyl halides is 3. The number of halogens is 4. The third-order valence-electron chi connectivity index (χ3n) is 3.32. The first-order valence-corrected chi connectivity index (χ1v) is 9.33. The fourth-order valence-corrected chi connectivity index (χ4v) is 3.65. The van der Waals surface area contributed by atoms with E-state index in [4.69, 9.17) is 16.3 Å². The molecule has 1 aromatic heterocycles. The Morgan fingerprint density at radius 2 is 2.15 bits per heavy atom. The first-order chi connectivity index (χ1) is 12.2. The molecule has 0 radical (unpaired) electrons. The number of thioether (sulfide) groups is 1. The van der Waals surface area contributed by atoms with Gasteiger partial charge >= 0.3 is 5.38 Å². The highest BCUT2D eigenvalue weighted by Gasteiger charge is 2.37. The smallest absolute Gasteiger partial charge is 0.383 e. The van der Waals surface area contributed by atoms with Gasteiger partial charge in [-0.3, -0.25) is 0 Å². The molecule has 0 fully saturated rings. The van der Waals surface area contributed by atoms with Crippen molar-refractivity contribution in [1.82, 2.24) is 14.9 Å². The van der Waals surface area contributed by atoms with Crippen LogP contribution in [0.15, 0.2) is 31.8 Å². The number of aromatic hydroxyl groups is 1. The molecule has 2 heterocycles. The van der Waals surface area contributed by atoms with Gasteiger partial charge in [0.1, 0.15) is 0 Å². The van der Waals surface area contributed by atoms with E-state index in [0.717, 1.165) is 22.0 Å². The number of aromatic nitrogens is 3. The van der Waals surface area contributed by atoms with E-state index < -0.39 is 11.2 Å². The monoisotopic (exact) mass is 464 g/mol. The van der Waals surface area contributed by atoms with Gasteiger partial charge in [0.05, 0.1) is 16.8 Å². The standard InChI is InChI=1S/C15H12BrClF2N4O2S/c1-3-25-10-5-8(4-9(16)12(10)24)6-11-7(2)22-23-13(15(17,18)19)20-21-14(23)26-11/h4-6,24H,3H2,1-2H3/b11-6-. The largest absolute Gasteiger partial charge is 0.503 e. The minimum absolute atomic E-state index is 0.00409. The number of phenolic OH excluding ortho intramolecular Hbond substituents is 1. The number of benzene rings is 1. The molecule has 6 nitrogen and oxygen atoms in total. The van der Waals surface area contributed by atoms with Gasteiger partial charge in [-0.05, 0) is 76.9 Å². The molecular weight excluding hydrogens is 454 g/mol. The van der Waals surface area contributed by atoms with E-state index in [-0.39, 0.29) is 10.9 Å². The molecule has 0 bridgehead atoms. The van der Waals surface area contributed by atoms with E-state index >= 15 is 0 Å². The van der Waals surface area contributed by atoms with Crippen LogP contribution in [0.5, 0.6) is 11.5 Å². The summed E-state index contributed by atoms with van der Waals surface area (Å²) in [5.74, 6) is -0.396. The second kappa shape index (κ2) is 7.16. The first-order valence-electron chi connectivity index (χ1n) is 7.34. The lowest BCUT2D eigenvalue weighted by Gasteiger charge is -2.15. The highest BCUT2D eigenvalue weighted by atomic mass is 79.9. The summed E-state index contributed by atoms with van der Waals surface area (Å²) in [5, 5.41) is 17.8. The maximum absolute atomic E-state index is 13.4. The SMILES string of the molecule is CCOc1cc(/C=C2\Sc3nnc(C(F)(F)Cl)n3N=C2C)cc(Br)c1O. The molecule has 0 atom stereocenters. The molecule has 0 spiro atoms. The number of hydrogen-bond donors (Lipinski definition) is 1. The summed E-state index contributed by atoms with van der Waals surface area (Å²) < 4.78 is 33.5. The lowest BCUT2D eigenvalue weighted by molar-refractivity contribution is 0.0799. The van der Waals surface area contributed by atoms with E-state index in [1.807, 2.05) is 6.92 Å². The fraction of sp³-hybridized carbons (Fsp3) is 0.267. The van der Waals surface area contributed by atoms with Gasteiger partial charge in [-0.15, -0.1) is 10.2 Å². The van der Waals surface area contributed by atoms with Crippen LogP contribution in [0.1, 0.15) is 25.2 Å². The quantitative estimate of drug-likeness (QED) is 0.657. The van der Waals surface area contributed by atoms with Crippen LogP contribution in [-0.4, -0.2) is 32.3 Å². The Bertz CT molecular complexity index is 927. The van der Waals surface area contributed by atoms with Crippen LogP contribution in [0, 0.1) is 0 Å². The molecule has 0 amide bonds. The number of nitrogens with zero attached hydrogens (tertiary/aromatic N) is 4. The summed E-state index contributed by atoms with van der Waals surface area (Å²) in [6.45, 7) is 3.88. The van der Waals surface area contributed by atoms with E-state index in [1.165, 1.54) is 0 Å². The highest BCUT2D eigenvalue weighted by Crippen LogP contribution is 2.40. The maximum atomic E-state index is 13.4. The Morgan fingerprint density at radius 1 is 1.42 bits per heavy atom. The molecule has 0 aliphatic carbocycles. The average molecular weight is 466 g/mol. The molecule has 1 aromatic carbocycles. The maximum Gasteiger partial charge on any atom is 0.383 e. The molecule has 0 saturated heterocycles. The molecule has 1 aliphatic rings. The van der Waals surface area contributed by atoms with Crippen molar-refractivity contribution >= 4 is 51.1 Å². The van der Waals surface area contributed by atoms with Crippen molar-refractivity contribution < 1.29 is 18.6 Å². The van der Waals surface area contributed by atoms with Gasteiger partial charge in [0.15, 0.2) is 11.5 Å². The van der Waals surface area contributed by atoms with Crippen molar-refractivity contribution in [2.75, 3.05) is 6.61 Å². The second-order valence-corrected chi connectivity index (χ2v) is 7.53. The van der Waals surface area contributed by atoms with E-state index in [9.17, 15) is 13.9 Å². The summed E-state index contributed by atoms with van der Waals surface area (Å²) in [6.07, 6.45) is 1.78. The van der Waals surface area contributed by atoms with Gasteiger partial charge in [0.2, 0.25) is 11.0 Å². The van der Waals surface area contributed by atoms with Crippen molar-refractivity contribution in [2.24, 2.45) is 5.10 Å². The van der Waals surface area contributed by atoms with Crippen molar-refractivity contribution in [2.45, 2.75) is 24.4 Å². The minimum atomic E-state index is -3.66. The zero-order chi connectivity index (χ0) is 19.1. The van der Waals surface area contributed by atoms with Gasteiger partial charge in [-0.2, -0.15) is 18.6 Å². The molecule has 0 unspecified atom stereocenters. The second-order valence-electron chi connectivity index (χ2n) is 5.19. The number of allylic oxidation sites excluding steroid dienone is 1. The van der Waals surface area contributed by atoms with Crippen LogP contribution < -0.4 is 4.74 Å². The molecule has 11 heteroatoms. The molecular formula is C15H12BrClF2N4O2S. The predicted octanol–water partition coefficient (Wildman–Crippen LogP) is 4.80. The van der Waals surface area contributed by atoms with Gasteiger partial charge in [0, 0.05) is 4.91 Å². The zero-order valence-electron chi connectivity index (χ0n) is 13.5. The third-order valence-corrected chi connectivity index (χ3v) is 5.17. The van der Waals surface area contributed by atoms with Crippen LogP contribution in [0.4, 0.5) is 8.78 Å². The summed E-state index contributed by atoms with van der Waals surface area (Å²) >= 11 is 9.45. The first kappa shape index (κ1) is 19.1. The van der Waals surface area contributed by atoms with Crippen molar-refractivity contribution in [3.8, 4) is 11.5 Å². The highest BCUT2D eigenvalue weighted by molar-refractivity contribution is 9.10. The van der Waals surface area contributed by atoms with Gasteiger partial charge < -0.3 is 9.84 Å². The topological polar surface area (TPSA) is 72.5 Å². The summed E-state index contributed by atoms with van der Waals surface area (Å²) in [6, 6.07) is 3.37. The van der Waals surface area contributed by atoms with Gasteiger partial charge in [-0.1, -0.05) is 0 Å². The van der Waals surface area contributed by atoms with Crippen LogP contribution in [0.3, 0.4) is 0 Å². The lowest BCUT2D eigenvalue weighted by atomic mass is 10.1. The summed E-state index contributed by atoms with van der Waals surface area (Å²) in [7, 11) is 0. The lowest BCUT2D eigenvalue weighted by Crippen LogP contribution is -2.15. The Labute approximate surface area is 165 Å². The number of phenols is 1. The van der Waals surface area contributed by atoms with Crippen molar-refractivity contribution in [1.29, 1.82) is 0 Å². The Morgan fingerprint density at radius 3 is 2.81 bits per heavy atom. The molecule has 2 aromatic rings. The molecule has 138 valence electrons. The van der Waals surface area contributed by atoms with E-state index in [2.05, 4.69) is 31.2 Å². The van der Waals surface area contributed by atoms with E-state index in [1.54, 1.807) is 25.1 Å². The zero-order valence-corrected chi connectivity index (χ0v) is 16.7. The molecule has 1 N–H and O–H groups in total. The van der Waals surface area contributed by atoms with Gasteiger partial charge in [0.25, 0.3) is 0 Å². The van der Waals surface area contributed by atoms with Crippen molar-refractivity contribution in [3.63, 3.8) is 0 Å². The van der Waals surface area contributed by atoms with Crippen LogP contribution >= 0.6 is 39.3 Å². The molecule has 0 saturated carbocycles. The predicted molar refractivity (Wildman–Crippen MR) is 99.1 cm³/mol. The number of rotatable bonds is 4. The third kappa shape index (κ3) is 3.72. The number of fused-ring (bicyclic) bond motifs is 1.